The summed E-state index contributed by atoms with van der Waals surface area (Å²) in [6.07, 6.45) is 1.06. The number of nitrogens with one attached hydrogen (secondary N) is 1. The van der Waals surface area contributed by atoms with Crippen molar-refractivity contribution >= 4 is 17.3 Å². The minimum atomic E-state index is -0.489. The Labute approximate surface area is 117 Å². The van der Waals surface area contributed by atoms with E-state index >= 15 is 0 Å². The first-order valence-corrected chi connectivity index (χ1v) is 6.64. The van der Waals surface area contributed by atoms with Gasteiger partial charge in [-0.05, 0) is 38.6 Å². The van der Waals surface area contributed by atoms with Crippen molar-refractivity contribution in [3.8, 4) is 0 Å². The van der Waals surface area contributed by atoms with Gasteiger partial charge in [0.2, 0.25) is 5.91 Å². The zero-order valence-corrected chi connectivity index (χ0v) is 11.7. The van der Waals surface area contributed by atoms with Crippen LogP contribution in [0.2, 0.25) is 0 Å². The predicted octanol–water partition coefficient (Wildman–Crippen LogP) is 1.46. The van der Waals surface area contributed by atoms with Crippen molar-refractivity contribution in [2.24, 2.45) is 0 Å². The van der Waals surface area contributed by atoms with Crippen LogP contribution in [0, 0.1) is 5.82 Å². The van der Waals surface area contributed by atoms with Gasteiger partial charge < -0.3 is 15.8 Å². The fourth-order valence-electron chi connectivity index (χ4n) is 2.47. The van der Waals surface area contributed by atoms with E-state index in [1.54, 1.807) is 0 Å². The van der Waals surface area contributed by atoms with Crippen molar-refractivity contribution in [3.05, 3.63) is 24.0 Å². The third-order valence-electron chi connectivity index (χ3n) is 3.58. The molecule has 1 aliphatic rings. The third-order valence-corrected chi connectivity index (χ3v) is 3.58. The number of halogens is 1. The Bertz CT molecular complexity index is 495. The molecule has 1 saturated heterocycles. The molecule has 2 unspecified atom stereocenters. The average Bonchev–Trinajstić information content (AvgIpc) is 2.80. The molecular weight excluding hydrogens is 261 g/mol. The molecule has 6 heteroatoms. The molecule has 0 bridgehead atoms. The number of rotatable bonds is 4. The second-order valence-corrected chi connectivity index (χ2v) is 5.13. The fraction of sp³-hybridized carbons (Fsp3) is 0.500. The molecule has 1 aromatic rings. The van der Waals surface area contributed by atoms with E-state index in [1.807, 2.05) is 18.9 Å². The standard InChI is InChI=1S/C14H20FN3O2/c1-9-13(5-6-20-9)18(2)8-14(19)17-10-3-4-11(15)12(16)7-10/h3-4,7,9,13H,5-6,8,16H2,1-2H3,(H,17,19). The lowest BCUT2D eigenvalue weighted by atomic mass is 10.1. The summed E-state index contributed by atoms with van der Waals surface area (Å²) in [5.41, 5.74) is 5.98. The van der Waals surface area contributed by atoms with Crippen molar-refractivity contribution in [2.45, 2.75) is 25.5 Å². The zero-order chi connectivity index (χ0) is 14.7. The highest BCUT2D eigenvalue weighted by Gasteiger charge is 2.28. The molecule has 1 heterocycles. The zero-order valence-electron chi connectivity index (χ0n) is 11.7. The predicted molar refractivity (Wildman–Crippen MR) is 75.9 cm³/mol. The molecule has 2 atom stereocenters. The van der Waals surface area contributed by atoms with Crippen LogP contribution in [0.5, 0.6) is 0 Å². The van der Waals surface area contributed by atoms with Crippen molar-refractivity contribution < 1.29 is 13.9 Å². The SMILES string of the molecule is CC1OCCC1N(C)CC(=O)Nc1ccc(F)c(N)c1. The van der Waals surface area contributed by atoms with E-state index in [1.165, 1.54) is 18.2 Å². The highest BCUT2D eigenvalue weighted by molar-refractivity contribution is 5.92. The molecule has 1 aliphatic heterocycles. The molecule has 20 heavy (non-hydrogen) atoms. The summed E-state index contributed by atoms with van der Waals surface area (Å²) < 4.78 is 18.5. The van der Waals surface area contributed by atoms with E-state index in [0.29, 0.717) is 5.69 Å². The molecule has 3 N–H and O–H groups in total. The van der Waals surface area contributed by atoms with Gasteiger partial charge in [-0.1, -0.05) is 0 Å². The minimum absolute atomic E-state index is 0.0222. The first-order chi connectivity index (χ1) is 9.47. The first-order valence-electron chi connectivity index (χ1n) is 6.64. The summed E-state index contributed by atoms with van der Waals surface area (Å²) in [7, 11) is 1.90. The molecule has 110 valence electrons. The Kier molecular flexibility index (Phi) is 4.57. The van der Waals surface area contributed by atoms with Crippen LogP contribution in [0.1, 0.15) is 13.3 Å². The molecule has 0 aliphatic carbocycles. The van der Waals surface area contributed by atoms with Gasteiger partial charge in [0, 0.05) is 18.3 Å². The molecule has 0 spiro atoms. The number of nitrogens with two attached hydrogens (primary N) is 1. The minimum Gasteiger partial charge on any atom is -0.396 e. The number of benzene rings is 1. The van der Waals surface area contributed by atoms with Crippen LogP contribution in [0.3, 0.4) is 0 Å². The summed E-state index contributed by atoms with van der Waals surface area (Å²) in [4.78, 5) is 13.9. The lowest BCUT2D eigenvalue weighted by Crippen LogP contribution is -2.41. The molecule has 0 saturated carbocycles. The Morgan fingerprint density at radius 3 is 2.95 bits per heavy atom. The summed E-state index contributed by atoms with van der Waals surface area (Å²) >= 11 is 0. The van der Waals surface area contributed by atoms with Gasteiger partial charge >= 0.3 is 0 Å². The van der Waals surface area contributed by atoms with Crippen LogP contribution < -0.4 is 11.1 Å². The van der Waals surface area contributed by atoms with E-state index < -0.39 is 5.82 Å². The van der Waals surface area contributed by atoms with Crippen molar-refractivity contribution in [2.75, 3.05) is 31.2 Å². The van der Waals surface area contributed by atoms with E-state index in [0.717, 1.165) is 13.0 Å². The maximum absolute atomic E-state index is 13.0. The summed E-state index contributed by atoms with van der Waals surface area (Å²) in [6.45, 7) is 2.99. The molecule has 0 aromatic heterocycles. The Morgan fingerprint density at radius 1 is 1.60 bits per heavy atom. The molecule has 1 aromatic carbocycles. The average molecular weight is 281 g/mol. The van der Waals surface area contributed by atoms with Crippen molar-refractivity contribution in [1.29, 1.82) is 0 Å². The number of hydrogen-bond acceptors (Lipinski definition) is 4. The quantitative estimate of drug-likeness (QED) is 0.820. The first kappa shape index (κ1) is 14.7. The third kappa shape index (κ3) is 3.46. The number of hydrogen-bond donors (Lipinski definition) is 2. The van der Waals surface area contributed by atoms with Gasteiger partial charge in [-0.2, -0.15) is 0 Å². The lowest BCUT2D eigenvalue weighted by molar-refractivity contribution is -0.117. The molecule has 0 radical (unpaired) electrons. The number of nitrogens with zero attached hydrogens (tertiary/aromatic N) is 1. The van der Waals surface area contributed by atoms with Crippen LogP contribution >= 0.6 is 0 Å². The summed E-state index contributed by atoms with van der Waals surface area (Å²) in [5, 5.41) is 2.71. The van der Waals surface area contributed by atoms with Crippen molar-refractivity contribution in [3.63, 3.8) is 0 Å². The summed E-state index contributed by atoms with van der Waals surface area (Å²) in [6, 6.07) is 4.39. The smallest absolute Gasteiger partial charge is 0.238 e. The monoisotopic (exact) mass is 281 g/mol. The number of likely N-dealkylation sites (N-methyl/N-ethyl adjacent to an activating group) is 1. The second-order valence-electron chi connectivity index (χ2n) is 5.13. The van der Waals surface area contributed by atoms with Crippen LogP contribution in [-0.4, -0.2) is 43.2 Å². The number of carbonyl (C=O) groups is 1. The van der Waals surface area contributed by atoms with Gasteiger partial charge in [-0.3, -0.25) is 9.69 Å². The maximum atomic E-state index is 13.0. The van der Waals surface area contributed by atoms with Gasteiger partial charge in [0.15, 0.2) is 0 Å². The molecule has 2 rings (SSSR count). The maximum Gasteiger partial charge on any atom is 0.238 e. The van der Waals surface area contributed by atoms with Gasteiger partial charge in [0.25, 0.3) is 0 Å². The fourth-order valence-corrected chi connectivity index (χ4v) is 2.47. The Morgan fingerprint density at radius 2 is 2.35 bits per heavy atom. The molecular formula is C14H20FN3O2. The topological polar surface area (TPSA) is 67.6 Å². The van der Waals surface area contributed by atoms with Crippen molar-refractivity contribution in [1.82, 2.24) is 4.90 Å². The van der Waals surface area contributed by atoms with E-state index in [2.05, 4.69) is 5.32 Å². The van der Waals surface area contributed by atoms with Crippen LogP contribution in [0.4, 0.5) is 15.8 Å². The van der Waals surface area contributed by atoms with Crippen LogP contribution in [0.25, 0.3) is 0 Å². The van der Waals surface area contributed by atoms with E-state index in [9.17, 15) is 9.18 Å². The highest BCUT2D eigenvalue weighted by atomic mass is 19.1. The Balaban J connectivity index is 1.90. The largest absolute Gasteiger partial charge is 0.396 e. The van der Waals surface area contributed by atoms with Crippen LogP contribution in [0.15, 0.2) is 18.2 Å². The number of carbonyl (C=O) groups excluding carboxylic acids is 1. The molecule has 5 nitrogen and oxygen atoms in total. The highest BCUT2D eigenvalue weighted by Crippen LogP contribution is 2.19. The van der Waals surface area contributed by atoms with E-state index in [-0.39, 0.29) is 30.3 Å². The lowest BCUT2D eigenvalue weighted by Gasteiger charge is -2.25. The summed E-state index contributed by atoms with van der Waals surface area (Å²) in [5.74, 6) is -0.644. The van der Waals surface area contributed by atoms with Gasteiger partial charge in [-0.25, -0.2) is 4.39 Å². The number of nitrogen functional groups attached to an aromatic ring is 1. The van der Waals surface area contributed by atoms with Gasteiger partial charge in [-0.15, -0.1) is 0 Å². The Hall–Kier alpha value is -1.66. The van der Waals surface area contributed by atoms with E-state index in [4.69, 9.17) is 10.5 Å². The van der Waals surface area contributed by atoms with Gasteiger partial charge in [0.1, 0.15) is 5.82 Å². The molecule has 1 fully saturated rings. The number of anilines is 2. The number of ether oxygens (including phenoxy) is 1. The number of amides is 1. The van der Waals surface area contributed by atoms with Crippen LogP contribution in [-0.2, 0) is 9.53 Å². The van der Waals surface area contributed by atoms with Gasteiger partial charge in [0.05, 0.1) is 18.3 Å². The molecule has 1 amide bonds. The normalized spacial score (nSPS) is 22.2. The second kappa shape index (κ2) is 6.19.